The van der Waals surface area contributed by atoms with Crippen molar-refractivity contribution in [1.29, 1.82) is 0 Å². The van der Waals surface area contributed by atoms with Crippen LogP contribution < -0.4 is 16.2 Å². The predicted octanol–water partition coefficient (Wildman–Crippen LogP) is 3.18. The van der Waals surface area contributed by atoms with E-state index in [0.29, 0.717) is 24.0 Å². The second kappa shape index (κ2) is 9.42. The van der Waals surface area contributed by atoms with Gasteiger partial charge >= 0.3 is 0 Å². The van der Waals surface area contributed by atoms with E-state index in [1.54, 1.807) is 11.7 Å². The first-order valence-electron chi connectivity index (χ1n) is 12.9. The number of nitrogens with one attached hydrogen (secondary N) is 2. The molecule has 0 spiro atoms. The van der Waals surface area contributed by atoms with Crippen molar-refractivity contribution in [2.24, 2.45) is 18.9 Å². The predicted molar refractivity (Wildman–Crippen MR) is 133 cm³/mol. The zero-order chi connectivity index (χ0) is 24.0. The maximum absolute atomic E-state index is 13.3. The second-order valence-corrected chi connectivity index (χ2v) is 10.9. The van der Waals surface area contributed by atoms with Crippen LogP contribution in [-0.4, -0.2) is 46.8 Å². The lowest BCUT2D eigenvalue weighted by molar-refractivity contribution is -0.123. The molecule has 7 unspecified atom stereocenters. The fraction of sp³-hybridized carbons (Fsp3) is 0.667. The molecule has 2 aromatic rings. The third-order valence-electron chi connectivity index (χ3n) is 8.75. The fourth-order valence-electron chi connectivity index (χ4n) is 6.67. The van der Waals surface area contributed by atoms with Crippen molar-refractivity contribution in [2.45, 2.75) is 88.9 Å². The summed E-state index contributed by atoms with van der Waals surface area (Å²) < 4.78 is 7.33. The average Bonchev–Trinajstić information content (AvgIpc) is 3.26. The molecule has 3 fully saturated rings. The Morgan fingerprint density at radius 1 is 1.18 bits per heavy atom. The van der Waals surface area contributed by atoms with E-state index in [9.17, 15) is 9.59 Å². The van der Waals surface area contributed by atoms with Gasteiger partial charge in [-0.3, -0.25) is 14.6 Å². The summed E-state index contributed by atoms with van der Waals surface area (Å²) >= 11 is 0. The molecule has 2 saturated carbocycles. The van der Waals surface area contributed by atoms with Gasteiger partial charge in [-0.05, 0) is 81.8 Å². The van der Waals surface area contributed by atoms with Crippen molar-refractivity contribution in [3.05, 3.63) is 39.9 Å². The van der Waals surface area contributed by atoms with Crippen molar-refractivity contribution >= 4 is 16.8 Å². The Bertz CT molecular complexity index is 1130. The number of ether oxygens (including phenoxy) is 1. The Morgan fingerprint density at radius 2 is 2.00 bits per heavy atom. The van der Waals surface area contributed by atoms with E-state index < -0.39 is 0 Å². The van der Waals surface area contributed by atoms with Gasteiger partial charge < -0.3 is 19.9 Å². The maximum atomic E-state index is 13.3. The number of rotatable bonds is 4. The highest BCUT2D eigenvalue weighted by Gasteiger charge is 2.41. The summed E-state index contributed by atoms with van der Waals surface area (Å²) in [4.78, 5) is 30.9. The number of carbonyl (C=O) groups is 1. The van der Waals surface area contributed by atoms with Crippen LogP contribution in [0.2, 0.25) is 0 Å². The van der Waals surface area contributed by atoms with E-state index in [1.807, 2.05) is 32.3 Å². The number of amides is 1. The number of pyridine rings is 2. The molecule has 1 saturated heterocycles. The normalized spacial score (nSPS) is 33.6. The third kappa shape index (κ3) is 4.40. The van der Waals surface area contributed by atoms with Gasteiger partial charge in [0.05, 0.1) is 17.7 Å². The van der Waals surface area contributed by atoms with Crippen LogP contribution in [0.25, 0.3) is 10.9 Å². The molecular weight excluding hydrogens is 428 g/mol. The van der Waals surface area contributed by atoms with Crippen LogP contribution in [0.4, 0.5) is 0 Å². The highest BCUT2D eigenvalue weighted by atomic mass is 16.5. The van der Waals surface area contributed by atoms with Crippen LogP contribution in [0, 0.1) is 18.8 Å². The number of nitrogens with zero attached hydrogens (tertiary/aromatic N) is 2. The molecule has 0 bridgehead atoms. The van der Waals surface area contributed by atoms with E-state index >= 15 is 0 Å². The summed E-state index contributed by atoms with van der Waals surface area (Å²) in [5, 5.41) is 7.93. The van der Waals surface area contributed by atoms with Gasteiger partial charge in [-0.15, -0.1) is 0 Å². The van der Waals surface area contributed by atoms with Crippen LogP contribution in [0.3, 0.4) is 0 Å². The van der Waals surface area contributed by atoms with Crippen LogP contribution >= 0.6 is 0 Å². The lowest BCUT2D eigenvalue weighted by Crippen LogP contribution is -2.48. The first-order valence-corrected chi connectivity index (χ1v) is 12.9. The number of carbonyl (C=O) groups excluding carboxylic acids is 1. The van der Waals surface area contributed by atoms with E-state index in [0.717, 1.165) is 67.1 Å². The van der Waals surface area contributed by atoms with Gasteiger partial charge in [-0.1, -0.05) is 6.92 Å². The first-order chi connectivity index (χ1) is 16.3. The topological polar surface area (TPSA) is 85.2 Å². The number of aromatic nitrogens is 2. The SMILES string of the molecule is COC1CCC2NC(C(=O)NC3CCC(C)C(c4cc5cnc(C)cc5n(C)c4=O)C3)CC2C1. The van der Waals surface area contributed by atoms with Crippen molar-refractivity contribution in [1.82, 2.24) is 20.2 Å². The summed E-state index contributed by atoms with van der Waals surface area (Å²) in [6, 6.07) is 4.41. The van der Waals surface area contributed by atoms with Crippen molar-refractivity contribution in [2.75, 3.05) is 7.11 Å². The van der Waals surface area contributed by atoms with Crippen LogP contribution in [0.1, 0.15) is 69.0 Å². The number of fused-ring (bicyclic) bond motifs is 2. The molecule has 0 aromatic carbocycles. The minimum atomic E-state index is -0.119. The molecule has 7 heteroatoms. The lowest BCUT2D eigenvalue weighted by Gasteiger charge is -2.35. The third-order valence-corrected chi connectivity index (χ3v) is 8.75. The van der Waals surface area contributed by atoms with Crippen molar-refractivity contribution < 1.29 is 9.53 Å². The van der Waals surface area contributed by atoms with Gasteiger partial charge in [0.1, 0.15) is 0 Å². The molecule has 7 atom stereocenters. The first kappa shape index (κ1) is 23.5. The smallest absolute Gasteiger partial charge is 0.254 e. The molecule has 1 amide bonds. The zero-order valence-electron chi connectivity index (χ0n) is 20.8. The molecule has 34 heavy (non-hydrogen) atoms. The Morgan fingerprint density at radius 3 is 2.79 bits per heavy atom. The quantitative estimate of drug-likeness (QED) is 0.723. The number of hydrogen-bond donors (Lipinski definition) is 2. The summed E-state index contributed by atoms with van der Waals surface area (Å²) in [6.45, 7) is 4.17. The van der Waals surface area contributed by atoms with Gasteiger partial charge in [-0.25, -0.2) is 0 Å². The summed E-state index contributed by atoms with van der Waals surface area (Å²) in [5.41, 5.74) is 2.74. The monoisotopic (exact) mass is 466 g/mol. The molecular formula is C27H38N4O3. The molecule has 3 heterocycles. The molecule has 7 nitrogen and oxygen atoms in total. The summed E-state index contributed by atoms with van der Waals surface area (Å²) in [7, 11) is 3.64. The Hall–Kier alpha value is -2.25. The molecule has 2 aromatic heterocycles. The van der Waals surface area contributed by atoms with Gasteiger partial charge in [0, 0.05) is 49.1 Å². The number of methoxy groups -OCH3 is 1. The van der Waals surface area contributed by atoms with E-state index in [4.69, 9.17) is 4.74 Å². The molecule has 5 rings (SSSR count). The van der Waals surface area contributed by atoms with E-state index in [2.05, 4.69) is 22.5 Å². The van der Waals surface area contributed by atoms with Gasteiger partial charge in [0.2, 0.25) is 5.91 Å². The molecule has 2 aliphatic carbocycles. The highest BCUT2D eigenvalue weighted by molar-refractivity contribution is 5.82. The van der Waals surface area contributed by atoms with Gasteiger partial charge in [0.25, 0.3) is 5.56 Å². The molecule has 1 aliphatic heterocycles. The van der Waals surface area contributed by atoms with E-state index in [-0.39, 0.29) is 29.5 Å². The average molecular weight is 467 g/mol. The highest BCUT2D eigenvalue weighted by Crippen LogP contribution is 2.38. The number of aryl methyl sites for hydroxylation is 2. The van der Waals surface area contributed by atoms with Crippen LogP contribution in [-0.2, 0) is 16.6 Å². The molecule has 0 radical (unpaired) electrons. The van der Waals surface area contributed by atoms with Gasteiger partial charge in [0.15, 0.2) is 0 Å². The van der Waals surface area contributed by atoms with Crippen LogP contribution in [0.5, 0.6) is 0 Å². The Labute approximate surface area is 201 Å². The van der Waals surface area contributed by atoms with Crippen molar-refractivity contribution in [3.8, 4) is 0 Å². The Balaban J connectivity index is 1.29. The molecule has 3 aliphatic rings. The Kier molecular flexibility index (Phi) is 6.51. The lowest BCUT2D eigenvalue weighted by atomic mass is 9.74. The van der Waals surface area contributed by atoms with Gasteiger partial charge in [-0.2, -0.15) is 0 Å². The maximum Gasteiger partial charge on any atom is 0.254 e. The summed E-state index contributed by atoms with van der Waals surface area (Å²) in [5.74, 6) is 1.17. The fourth-order valence-corrected chi connectivity index (χ4v) is 6.67. The standard InChI is InChI=1S/C27H38N4O3/c1-15-5-6-19(29-26(32)24-12-17-10-20(34-4)7-8-23(17)30-24)13-21(15)22-11-18-14-28-16(2)9-25(18)31(3)27(22)33/h9,11,14-15,17,19-21,23-24,30H,5-8,10,12-13H2,1-4H3,(H,29,32). The molecule has 2 N–H and O–H groups in total. The summed E-state index contributed by atoms with van der Waals surface area (Å²) in [6.07, 6.45) is 9.03. The number of hydrogen-bond acceptors (Lipinski definition) is 5. The van der Waals surface area contributed by atoms with Crippen LogP contribution in [0.15, 0.2) is 23.1 Å². The molecule has 184 valence electrons. The van der Waals surface area contributed by atoms with Crippen molar-refractivity contribution in [3.63, 3.8) is 0 Å². The second-order valence-electron chi connectivity index (χ2n) is 10.9. The van der Waals surface area contributed by atoms with E-state index in [1.165, 1.54) is 0 Å². The largest absolute Gasteiger partial charge is 0.381 e. The minimum Gasteiger partial charge on any atom is -0.381 e. The minimum absolute atomic E-state index is 0.0659. The zero-order valence-corrected chi connectivity index (χ0v) is 20.8.